The van der Waals surface area contributed by atoms with Gasteiger partial charge in [0.1, 0.15) is 4.60 Å². The van der Waals surface area contributed by atoms with Crippen molar-refractivity contribution < 1.29 is 0 Å². The summed E-state index contributed by atoms with van der Waals surface area (Å²) in [6.07, 6.45) is 3.10. The Morgan fingerprint density at radius 2 is 2.33 bits per heavy atom. The van der Waals surface area contributed by atoms with Crippen LogP contribution in [0.5, 0.6) is 0 Å². The first-order valence-corrected chi connectivity index (χ1v) is 6.17. The van der Waals surface area contributed by atoms with E-state index in [0.29, 0.717) is 0 Å². The maximum atomic E-state index is 4.14. The zero-order valence-electron chi connectivity index (χ0n) is 8.75. The van der Waals surface area contributed by atoms with Gasteiger partial charge in [-0.3, -0.25) is 4.90 Å². The molecule has 0 spiro atoms. The summed E-state index contributed by atoms with van der Waals surface area (Å²) in [6.45, 7) is 5.61. The molecule has 0 unspecified atom stereocenters. The normalized spacial score (nSPS) is 18.7. The van der Waals surface area contributed by atoms with Crippen molar-refractivity contribution in [2.24, 2.45) is 0 Å². The lowest BCUT2D eigenvalue weighted by molar-refractivity contribution is 0.284. The van der Waals surface area contributed by atoms with Gasteiger partial charge in [-0.05, 0) is 53.1 Å². The fourth-order valence-corrected chi connectivity index (χ4v) is 2.27. The molecule has 0 radical (unpaired) electrons. The Balaban J connectivity index is 1.95. The highest BCUT2D eigenvalue weighted by Gasteiger charge is 2.08. The van der Waals surface area contributed by atoms with Gasteiger partial charge < -0.3 is 5.32 Å². The largest absolute Gasteiger partial charge is 0.315 e. The Morgan fingerprint density at radius 1 is 1.40 bits per heavy atom. The van der Waals surface area contributed by atoms with Gasteiger partial charge >= 0.3 is 0 Å². The van der Waals surface area contributed by atoms with Crippen molar-refractivity contribution in [3.05, 3.63) is 28.5 Å². The lowest BCUT2D eigenvalue weighted by Gasteiger charge is -2.19. The van der Waals surface area contributed by atoms with E-state index in [1.165, 1.54) is 18.5 Å². The Kier molecular flexibility index (Phi) is 4.11. The summed E-state index contributed by atoms with van der Waals surface area (Å²) >= 11 is 3.40. The van der Waals surface area contributed by atoms with Gasteiger partial charge in [-0.15, -0.1) is 0 Å². The SMILES string of the molecule is Brc1cc(CN2CCCNCC2)ccn1. The average Bonchev–Trinajstić information content (AvgIpc) is 2.46. The Hall–Kier alpha value is -0.450. The number of rotatable bonds is 2. The van der Waals surface area contributed by atoms with Gasteiger partial charge in [-0.1, -0.05) is 0 Å². The maximum absolute atomic E-state index is 4.14. The van der Waals surface area contributed by atoms with Gasteiger partial charge in [-0.25, -0.2) is 4.98 Å². The minimum Gasteiger partial charge on any atom is -0.315 e. The van der Waals surface area contributed by atoms with E-state index in [1.54, 1.807) is 0 Å². The third kappa shape index (κ3) is 3.55. The summed E-state index contributed by atoms with van der Waals surface area (Å²) < 4.78 is 0.924. The molecule has 1 aliphatic heterocycles. The Bertz CT molecular complexity index is 308. The van der Waals surface area contributed by atoms with Crippen LogP contribution in [0.2, 0.25) is 0 Å². The van der Waals surface area contributed by atoms with Gasteiger partial charge in [0.05, 0.1) is 0 Å². The first-order chi connectivity index (χ1) is 7.34. The summed E-state index contributed by atoms with van der Waals surface area (Å²) in [5, 5.41) is 3.41. The van der Waals surface area contributed by atoms with Crippen LogP contribution in [0.3, 0.4) is 0 Å². The van der Waals surface area contributed by atoms with Crippen LogP contribution < -0.4 is 5.32 Å². The number of hydrogen-bond donors (Lipinski definition) is 1. The van der Waals surface area contributed by atoms with Gasteiger partial charge in [0.2, 0.25) is 0 Å². The fourth-order valence-electron chi connectivity index (χ4n) is 1.86. The van der Waals surface area contributed by atoms with Crippen LogP contribution in [0.4, 0.5) is 0 Å². The molecule has 0 aromatic carbocycles. The zero-order valence-corrected chi connectivity index (χ0v) is 10.3. The van der Waals surface area contributed by atoms with Crippen molar-refractivity contribution in [2.45, 2.75) is 13.0 Å². The van der Waals surface area contributed by atoms with Crippen molar-refractivity contribution in [1.29, 1.82) is 0 Å². The van der Waals surface area contributed by atoms with Crippen LogP contribution in [0.1, 0.15) is 12.0 Å². The monoisotopic (exact) mass is 269 g/mol. The van der Waals surface area contributed by atoms with Gasteiger partial charge in [0.25, 0.3) is 0 Å². The van der Waals surface area contributed by atoms with Crippen molar-refractivity contribution in [3.8, 4) is 0 Å². The molecule has 1 N–H and O–H groups in total. The van der Waals surface area contributed by atoms with Gasteiger partial charge in [0.15, 0.2) is 0 Å². The predicted octanol–water partition coefficient (Wildman–Crippen LogP) is 1.64. The minimum atomic E-state index is 0.924. The predicted molar refractivity (Wildman–Crippen MR) is 64.7 cm³/mol. The molecule has 4 heteroatoms. The molecule has 1 saturated heterocycles. The van der Waals surface area contributed by atoms with Gasteiger partial charge in [0, 0.05) is 25.8 Å². The van der Waals surface area contributed by atoms with E-state index in [9.17, 15) is 0 Å². The second-order valence-electron chi connectivity index (χ2n) is 3.87. The summed E-state index contributed by atoms with van der Waals surface area (Å²) in [6, 6.07) is 4.18. The standard InChI is InChI=1S/C11H16BrN3/c12-11-8-10(2-4-14-11)9-15-6-1-3-13-5-7-15/h2,4,8,13H,1,3,5-7,9H2. The molecule has 0 saturated carbocycles. The van der Waals surface area contributed by atoms with Crippen LogP contribution in [-0.2, 0) is 6.54 Å². The molecule has 0 aliphatic carbocycles. The summed E-state index contributed by atoms with van der Waals surface area (Å²) in [4.78, 5) is 6.63. The van der Waals surface area contributed by atoms with E-state index in [2.05, 4.69) is 43.3 Å². The van der Waals surface area contributed by atoms with Crippen molar-refractivity contribution in [1.82, 2.24) is 15.2 Å². The van der Waals surface area contributed by atoms with Crippen LogP contribution in [-0.4, -0.2) is 36.1 Å². The van der Waals surface area contributed by atoms with Crippen LogP contribution in [0.25, 0.3) is 0 Å². The molecule has 2 rings (SSSR count). The molecule has 0 amide bonds. The molecule has 82 valence electrons. The molecular weight excluding hydrogens is 254 g/mol. The van der Waals surface area contributed by atoms with Crippen molar-refractivity contribution >= 4 is 15.9 Å². The number of nitrogens with one attached hydrogen (secondary N) is 1. The lowest BCUT2D eigenvalue weighted by atomic mass is 10.2. The second-order valence-corrected chi connectivity index (χ2v) is 4.68. The van der Waals surface area contributed by atoms with Crippen LogP contribution in [0, 0.1) is 0 Å². The number of pyridine rings is 1. The van der Waals surface area contributed by atoms with Crippen molar-refractivity contribution in [2.75, 3.05) is 26.2 Å². The van der Waals surface area contributed by atoms with E-state index < -0.39 is 0 Å². The molecule has 1 aliphatic rings. The number of halogens is 1. The first kappa shape index (κ1) is 11.0. The summed E-state index contributed by atoms with van der Waals surface area (Å²) in [5.74, 6) is 0. The quantitative estimate of drug-likeness (QED) is 0.828. The van der Waals surface area contributed by atoms with Crippen LogP contribution in [0.15, 0.2) is 22.9 Å². The summed E-state index contributed by atoms with van der Waals surface area (Å²) in [5.41, 5.74) is 1.33. The molecule has 0 atom stereocenters. The van der Waals surface area contributed by atoms with Crippen LogP contribution >= 0.6 is 15.9 Å². The Labute approximate surface area is 99.0 Å². The Morgan fingerprint density at radius 3 is 3.20 bits per heavy atom. The molecule has 0 bridgehead atoms. The van der Waals surface area contributed by atoms with E-state index in [-0.39, 0.29) is 0 Å². The van der Waals surface area contributed by atoms with E-state index in [0.717, 1.165) is 30.8 Å². The molecule has 15 heavy (non-hydrogen) atoms. The molecule has 2 heterocycles. The maximum Gasteiger partial charge on any atom is 0.106 e. The zero-order chi connectivity index (χ0) is 10.5. The third-order valence-corrected chi connectivity index (χ3v) is 3.06. The van der Waals surface area contributed by atoms with E-state index in [1.807, 2.05) is 6.20 Å². The smallest absolute Gasteiger partial charge is 0.106 e. The first-order valence-electron chi connectivity index (χ1n) is 5.38. The third-order valence-electron chi connectivity index (χ3n) is 2.63. The topological polar surface area (TPSA) is 28.2 Å². The fraction of sp³-hybridized carbons (Fsp3) is 0.545. The lowest BCUT2D eigenvalue weighted by Crippen LogP contribution is -2.27. The number of nitrogens with zero attached hydrogens (tertiary/aromatic N) is 2. The molecule has 1 fully saturated rings. The molecular formula is C11H16BrN3. The van der Waals surface area contributed by atoms with E-state index >= 15 is 0 Å². The highest BCUT2D eigenvalue weighted by Crippen LogP contribution is 2.11. The summed E-state index contributed by atoms with van der Waals surface area (Å²) in [7, 11) is 0. The highest BCUT2D eigenvalue weighted by molar-refractivity contribution is 9.10. The van der Waals surface area contributed by atoms with Gasteiger partial charge in [-0.2, -0.15) is 0 Å². The average molecular weight is 270 g/mol. The molecule has 3 nitrogen and oxygen atoms in total. The second kappa shape index (κ2) is 5.58. The molecule has 1 aromatic heterocycles. The van der Waals surface area contributed by atoms with E-state index in [4.69, 9.17) is 0 Å². The number of aromatic nitrogens is 1. The van der Waals surface area contributed by atoms with Crippen molar-refractivity contribution in [3.63, 3.8) is 0 Å². The minimum absolute atomic E-state index is 0.924. The highest BCUT2D eigenvalue weighted by atomic mass is 79.9. The molecule has 1 aromatic rings. The number of hydrogen-bond acceptors (Lipinski definition) is 3.